The quantitative estimate of drug-likeness (QED) is 0.837. The summed E-state index contributed by atoms with van der Waals surface area (Å²) in [7, 11) is 1.60. The van der Waals surface area contributed by atoms with Gasteiger partial charge in [-0.2, -0.15) is 0 Å². The molecule has 0 aromatic heterocycles. The molecule has 0 unspecified atom stereocenters. The molecule has 1 aliphatic rings. The first kappa shape index (κ1) is 17.8. The van der Waals surface area contributed by atoms with E-state index in [1.54, 1.807) is 12.0 Å². The largest absolute Gasteiger partial charge is 0.497 e. The Hall–Kier alpha value is -3.02. The molecule has 1 aliphatic heterocycles. The highest BCUT2D eigenvalue weighted by atomic mass is 16.5. The van der Waals surface area contributed by atoms with Crippen LogP contribution in [0.3, 0.4) is 0 Å². The number of carbonyl (C=O) groups excluding carboxylic acids is 2. The lowest BCUT2D eigenvalue weighted by atomic mass is 10.1. The van der Waals surface area contributed by atoms with Crippen molar-refractivity contribution in [2.45, 2.75) is 18.9 Å². The molecular formula is C20H23N3O3. The number of hydrogen-bond acceptors (Lipinski definition) is 3. The number of nitrogens with zero attached hydrogens (tertiary/aromatic N) is 1. The summed E-state index contributed by atoms with van der Waals surface area (Å²) in [5.74, 6) is 0.748. The molecular weight excluding hydrogens is 330 g/mol. The van der Waals surface area contributed by atoms with Crippen LogP contribution in [0.4, 0.5) is 10.5 Å². The molecule has 26 heavy (non-hydrogen) atoms. The lowest BCUT2D eigenvalue weighted by Gasteiger charge is -2.17. The van der Waals surface area contributed by atoms with Gasteiger partial charge in [0, 0.05) is 25.2 Å². The Bertz CT molecular complexity index is 747. The van der Waals surface area contributed by atoms with Gasteiger partial charge in [0.2, 0.25) is 5.91 Å². The minimum atomic E-state index is -0.240. The fourth-order valence-corrected chi connectivity index (χ4v) is 3.02. The van der Waals surface area contributed by atoms with Crippen LogP contribution in [-0.4, -0.2) is 38.2 Å². The van der Waals surface area contributed by atoms with Crippen molar-refractivity contribution in [1.82, 2.24) is 10.6 Å². The number of benzene rings is 2. The SMILES string of the molecule is COc1ccc(N2C[C@@H](NC(=O)NCCc3ccccc3)CC2=O)cc1. The van der Waals surface area contributed by atoms with E-state index in [1.807, 2.05) is 54.6 Å². The van der Waals surface area contributed by atoms with Crippen LogP contribution in [0.2, 0.25) is 0 Å². The topological polar surface area (TPSA) is 70.7 Å². The predicted molar refractivity (Wildman–Crippen MR) is 100 cm³/mol. The van der Waals surface area contributed by atoms with Crippen LogP contribution in [0.15, 0.2) is 54.6 Å². The Labute approximate surface area is 153 Å². The maximum absolute atomic E-state index is 12.2. The van der Waals surface area contributed by atoms with E-state index >= 15 is 0 Å². The first-order valence-corrected chi connectivity index (χ1v) is 8.68. The molecule has 2 aromatic rings. The van der Waals surface area contributed by atoms with Gasteiger partial charge in [0.15, 0.2) is 0 Å². The van der Waals surface area contributed by atoms with Crippen molar-refractivity contribution in [1.29, 1.82) is 0 Å². The lowest BCUT2D eigenvalue weighted by molar-refractivity contribution is -0.117. The van der Waals surface area contributed by atoms with Gasteiger partial charge >= 0.3 is 6.03 Å². The van der Waals surface area contributed by atoms with Gasteiger partial charge in [0.1, 0.15) is 5.75 Å². The third kappa shape index (κ3) is 4.53. The molecule has 1 heterocycles. The van der Waals surface area contributed by atoms with E-state index in [4.69, 9.17) is 4.74 Å². The molecule has 0 bridgehead atoms. The summed E-state index contributed by atoms with van der Waals surface area (Å²) in [5.41, 5.74) is 1.99. The normalized spacial score (nSPS) is 16.4. The van der Waals surface area contributed by atoms with Crippen molar-refractivity contribution < 1.29 is 14.3 Å². The molecule has 1 atom stereocenters. The summed E-state index contributed by atoms with van der Waals surface area (Å²) in [6, 6.07) is 16.9. The zero-order valence-corrected chi connectivity index (χ0v) is 14.8. The van der Waals surface area contributed by atoms with E-state index in [-0.39, 0.29) is 18.0 Å². The number of hydrogen-bond donors (Lipinski definition) is 2. The average molecular weight is 353 g/mol. The Kier molecular flexibility index (Phi) is 5.73. The van der Waals surface area contributed by atoms with E-state index < -0.39 is 0 Å². The van der Waals surface area contributed by atoms with Crippen LogP contribution in [0.1, 0.15) is 12.0 Å². The molecule has 6 heteroatoms. The van der Waals surface area contributed by atoms with E-state index in [2.05, 4.69) is 10.6 Å². The number of nitrogens with one attached hydrogen (secondary N) is 2. The Balaban J connectivity index is 1.46. The molecule has 0 radical (unpaired) electrons. The minimum Gasteiger partial charge on any atom is -0.497 e. The number of methoxy groups -OCH3 is 1. The molecule has 2 aromatic carbocycles. The highest BCUT2D eigenvalue weighted by Gasteiger charge is 2.31. The molecule has 3 amide bonds. The lowest BCUT2D eigenvalue weighted by Crippen LogP contribution is -2.43. The standard InChI is InChI=1S/C20H23N3O3/c1-26-18-9-7-17(8-10-18)23-14-16(13-19(23)24)22-20(25)21-12-11-15-5-3-2-4-6-15/h2-10,16H,11-14H2,1H3,(H2,21,22,25)/t16-/m0/s1. The zero-order valence-electron chi connectivity index (χ0n) is 14.8. The van der Waals surface area contributed by atoms with Crippen molar-refractivity contribution in [3.8, 4) is 5.75 Å². The first-order valence-electron chi connectivity index (χ1n) is 8.68. The van der Waals surface area contributed by atoms with Gasteiger partial charge in [-0.05, 0) is 36.2 Å². The van der Waals surface area contributed by atoms with Gasteiger partial charge in [0.05, 0.1) is 13.2 Å². The van der Waals surface area contributed by atoms with E-state index in [0.717, 1.165) is 17.9 Å². The van der Waals surface area contributed by atoms with Crippen molar-refractivity contribution in [3.63, 3.8) is 0 Å². The van der Waals surface area contributed by atoms with Crippen LogP contribution in [-0.2, 0) is 11.2 Å². The molecule has 0 aliphatic carbocycles. The molecule has 136 valence electrons. The second-order valence-electron chi connectivity index (χ2n) is 6.24. The molecule has 1 saturated heterocycles. The van der Waals surface area contributed by atoms with Crippen LogP contribution < -0.4 is 20.3 Å². The van der Waals surface area contributed by atoms with Gasteiger partial charge in [-0.25, -0.2) is 4.79 Å². The number of rotatable bonds is 6. The molecule has 0 saturated carbocycles. The second kappa shape index (κ2) is 8.38. The van der Waals surface area contributed by atoms with E-state index in [9.17, 15) is 9.59 Å². The van der Waals surface area contributed by atoms with Crippen LogP contribution in [0.5, 0.6) is 5.75 Å². The Morgan fingerprint density at radius 3 is 2.58 bits per heavy atom. The summed E-state index contributed by atoms with van der Waals surface area (Å²) >= 11 is 0. The number of anilines is 1. The zero-order chi connectivity index (χ0) is 18.4. The molecule has 2 N–H and O–H groups in total. The molecule has 6 nitrogen and oxygen atoms in total. The summed E-state index contributed by atoms with van der Waals surface area (Å²) in [6.45, 7) is 1.02. The van der Waals surface area contributed by atoms with Gasteiger partial charge in [0.25, 0.3) is 0 Å². The maximum Gasteiger partial charge on any atom is 0.315 e. The second-order valence-corrected chi connectivity index (χ2v) is 6.24. The first-order chi connectivity index (χ1) is 12.7. The highest BCUT2D eigenvalue weighted by Crippen LogP contribution is 2.24. The van der Waals surface area contributed by atoms with E-state index in [0.29, 0.717) is 19.5 Å². The average Bonchev–Trinajstić information content (AvgIpc) is 3.02. The van der Waals surface area contributed by atoms with E-state index in [1.165, 1.54) is 5.56 Å². The van der Waals surface area contributed by atoms with Crippen LogP contribution in [0.25, 0.3) is 0 Å². The van der Waals surface area contributed by atoms with Crippen molar-refractivity contribution in [3.05, 3.63) is 60.2 Å². The summed E-state index contributed by atoms with van der Waals surface area (Å²) in [6.07, 6.45) is 1.08. The van der Waals surface area contributed by atoms with Crippen molar-refractivity contribution >= 4 is 17.6 Å². The number of amides is 3. The monoisotopic (exact) mass is 353 g/mol. The van der Waals surface area contributed by atoms with Crippen LogP contribution >= 0.6 is 0 Å². The van der Waals surface area contributed by atoms with Gasteiger partial charge < -0.3 is 20.3 Å². The predicted octanol–water partition coefficient (Wildman–Crippen LogP) is 2.34. The van der Waals surface area contributed by atoms with Crippen LogP contribution in [0, 0.1) is 0 Å². The van der Waals surface area contributed by atoms with Gasteiger partial charge in [-0.3, -0.25) is 4.79 Å². The number of urea groups is 1. The van der Waals surface area contributed by atoms with Crippen molar-refractivity contribution in [2.24, 2.45) is 0 Å². The maximum atomic E-state index is 12.2. The van der Waals surface area contributed by atoms with Gasteiger partial charge in [-0.1, -0.05) is 30.3 Å². The molecule has 3 rings (SSSR count). The molecule has 0 spiro atoms. The third-order valence-electron chi connectivity index (χ3n) is 4.39. The smallest absolute Gasteiger partial charge is 0.315 e. The summed E-state index contributed by atoms with van der Waals surface area (Å²) in [5, 5.41) is 5.73. The third-order valence-corrected chi connectivity index (χ3v) is 4.39. The Morgan fingerprint density at radius 1 is 1.15 bits per heavy atom. The fraction of sp³-hybridized carbons (Fsp3) is 0.300. The summed E-state index contributed by atoms with van der Waals surface area (Å²) < 4.78 is 5.13. The highest BCUT2D eigenvalue weighted by molar-refractivity contribution is 5.96. The molecule has 1 fully saturated rings. The minimum absolute atomic E-state index is 0.00440. The van der Waals surface area contributed by atoms with Gasteiger partial charge in [-0.15, -0.1) is 0 Å². The van der Waals surface area contributed by atoms with Crippen molar-refractivity contribution in [2.75, 3.05) is 25.1 Å². The Morgan fingerprint density at radius 2 is 1.88 bits per heavy atom. The summed E-state index contributed by atoms with van der Waals surface area (Å²) in [4.78, 5) is 26.0. The number of carbonyl (C=O) groups is 2. The fourth-order valence-electron chi connectivity index (χ4n) is 3.02. The number of ether oxygens (including phenoxy) is 1.